The van der Waals surface area contributed by atoms with Crippen LogP contribution in [-0.4, -0.2) is 62.7 Å². The van der Waals surface area contributed by atoms with Gasteiger partial charge in [-0.15, -0.1) is 0 Å². The summed E-state index contributed by atoms with van der Waals surface area (Å²) in [4.78, 5) is 29.2. The van der Waals surface area contributed by atoms with Crippen molar-refractivity contribution < 1.29 is 22.4 Å². The highest BCUT2D eigenvalue weighted by Crippen LogP contribution is 2.24. The van der Waals surface area contributed by atoms with E-state index in [1.807, 2.05) is 75.4 Å². The Kier molecular flexibility index (Phi) is 11.0. The van der Waals surface area contributed by atoms with Crippen LogP contribution in [0.4, 0.5) is 10.1 Å². The summed E-state index contributed by atoms with van der Waals surface area (Å²) in [5, 5.41) is 2.94. The Balaban J connectivity index is 2.10. The smallest absolute Gasteiger partial charge is 0.304 e. The molecule has 0 spiro atoms. The summed E-state index contributed by atoms with van der Waals surface area (Å²) in [6.07, 6.45) is 0.211. The molecule has 0 aliphatic rings. The second-order valence-corrected chi connectivity index (χ2v) is 12.7. The summed E-state index contributed by atoms with van der Waals surface area (Å²) in [5.74, 6) is -1.59. The largest absolute Gasteiger partial charge is 0.354 e. The third kappa shape index (κ3) is 8.61. The predicted molar refractivity (Wildman–Crippen MR) is 160 cm³/mol. The van der Waals surface area contributed by atoms with Crippen molar-refractivity contribution >= 4 is 27.7 Å². The van der Waals surface area contributed by atoms with E-state index >= 15 is 0 Å². The summed E-state index contributed by atoms with van der Waals surface area (Å²) in [6, 6.07) is 21.3. The van der Waals surface area contributed by atoms with E-state index in [0.29, 0.717) is 6.54 Å². The summed E-state index contributed by atoms with van der Waals surface area (Å²) in [5.41, 5.74) is 2.34. The number of carbonyl (C=O) groups is 2. The fourth-order valence-corrected chi connectivity index (χ4v) is 5.40. The lowest BCUT2D eigenvalue weighted by Gasteiger charge is -2.34. The van der Waals surface area contributed by atoms with E-state index in [1.165, 1.54) is 37.2 Å². The van der Waals surface area contributed by atoms with Gasteiger partial charge < -0.3 is 10.2 Å². The topological polar surface area (TPSA) is 90.0 Å². The van der Waals surface area contributed by atoms with E-state index in [2.05, 4.69) is 5.32 Å². The van der Waals surface area contributed by atoms with Gasteiger partial charge in [0, 0.05) is 33.6 Å². The van der Waals surface area contributed by atoms with E-state index in [0.717, 1.165) is 31.4 Å². The minimum Gasteiger partial charge on any atom is -0.354 e. The van der Waals surface area contributed by atoms with Crippen LogP contribution in [-0.2, 0) is 32.8 Å². The van der Waals surface area contributed by atoms with Crippen molar-refractivity contribution in [3.8, 4) is 0 Å². The number of hydrogen-bond acceptors (Lipinski definition) is 4. The fourth-order valence-electron chi connectivity index (χ4n) is 4.34. The lowest BCUT2D eigenvalue weighted by molar-refractivity contribution is -0.140. The first-order chi connectivity index (χ1) is 19.4. The van der Waals surface area contributed by atoms with Gasteiger partial charge in [-0.3, -0.25) is 9.59 Å². The van der Waals surface area contributed by atoms with Crippen LogP contribution in [0.2, 0.25) is 0 Å². The molecule has 8 nitrogen and oxygen atoms in total. The summed E-state index contributed by atoms with van der Waals surface area (Å²) in [7, 11) is -1.64. The van der Waals surface area contributed by atoms with Gasteiger partial charge >= 0.3 is 10.2 Å². The zero-order chi connectivity index (χ0) is 30.2. The number of nitrogens with one attached hydrogen (secondary N) is 1. The highest BCUT2D eigenvalue weighted by Gasteiger charge is 2.35. The maximum atomic E-state index is 14.9. The van der Waals surface area contributed by atoms with Crippen LogP contribution >= 0.6 is 0 Å². The van der Waals surface area contributed by atoms with Gasteiger partial charge in [0.15, 0.2) is 0 Å². The van der Waals surface area contributed by atoms with E-state index in [4.69, 9.17) is 0 Å². The van der Waals surface area contributed by atoms with Crippen LogP contribution in [0.15, 0.2) is 78.9 Å². The monoisotopic (exact) mass is 582 g/mol. The van der Waals surface area contributed by atoms with Gasteiger partial charge in [-0.25, -0.2) is 8.70 Å². The Hall–Kier alpha value is -3.76. The fraction of sp³-hybridized carbons (Fsp3) is 0.355. The molecule has 1 N–H and O–H groups in total. The average Bonchev–Trinajstić information content (AvgIpc) is 2.93. The van der Waals surface area contributed by atoms with Crippen molar-refractivity contribution in [3.05, 3.63) is 101 Å². The Labute approximate surface area is 243 Å². The third-order valence-corrected chi connectivity index (χ3v) is 8.34. The van der Waals surface area contributed by atoms with Gasteiger partial charge in [0.2, 0.25) is 11.8 Å². The molecule has 0 fully saturated rings. The Bertz CT molecular complexity index is 1430. The first-order valence-corrected chi connectivity index (χ1v) is 14.9. The molecular formula is C31H39FN4O4S. The molecule has 3 rings (SSSR count). The highest BCUT2D eigenvalue weighted by atomic mass is 32.2. The molecule has 0 saturated carbocycles. The molecule has 41 heavy (non-hydrogen) atoms. The number of para-hydroxylation sites is 1. The maximum Gasteiger partial charge on any atom is 0.304 e. The van der Waals surface area contributed by atoms with E-state index < -0.39 is 34.5 Å². The van der Waals surface area contributed by atoms with Gasteiger partial charge in [0.1, 0.15) is 18.4 Å². The molecule has 0 aliphatic heterocycles. The number of anilines is 1. The summed E-state index contributed by atoms with van der Waals surface area (Å²) >= 11 is 0. The lowest BCUT2D eigenvalue weighted by atomic mass is 10.0. The maximum absolute atomic E-state index is 14.9. The van der Waals surface area contributed by atoms with E-state index in [-0.39, 0.29) is 30.5 Å². The van der Waals surface area contributed by atoms with Gasteiger partial charge in [-0.1, -0.05) is 86.1 Å². The average molecular weight is 583 g/mol. The SMILES string of the molecule is Cc1cccc(CN(C(=O)CN(c2ccccc2F)S(=O)(=O)N(C)C)[C@H](Cc2ccccc2)C(=O)NCC(C)C)c1. The second kappa shape index (κ2) is 14.2. The van der Waals surface area contributed by atoms with Crippen molar-refractivity contribution in [2.45, 2.75) is 39.8 Å². The van der Waals surface area contributed by atoms with Crippen LogP contribution in [0.25, 0.3) is 0 Å². The second-order valence-electron chi connectivity index (χ2n) is 10.6. The first kappa shape index (κ1) is 31.8. The third-order valence-electron chi connectivity index (χ3n) is 6.53. The summed E-state index contributed by atoms with van der Waals surface area (Å²) in [6.45, 7) is 5.64. The molecule has 1 atom stereocenters. The van der Waals surface area contributed by atoms with Crippen LogP contribution in [0, 0.1) is 18.7 Å². The van der Waals surface area contributed by atoms with Crippen molar-refractivity contribution in [3.63, 3.8) is 0 Å². The zero-order valence-corrected chi connectivity index (χ0v) is 25.1. The van der Waals surface area contributed by atoms with Gasteiger partial charge in [-0.05, 0) is 36.1 Å². The predicted octanol–water partition coefficient (Wildman–Crippen LogP) is 4.16. The molecule has 0 unspecified atom stereocenters. The number of aryl methyl sites for hydroxylation is 1. The first-order valence-electron chi connectivity index (χ1n) is 13.5. The molecule has 0 heterocycles. The number of rotatable bonds is 13. The van der Waals surface area contributed by atoms with Crippen molar-refractivity contribution in [1.82, 2.24) is 14.5 Å². The Morgan fingerprint density at radius 2 is 1.54 bits per heavy atom. The molecule has 0 aliphatic carbocycles. The van der Waals surface area contributed by atoms with Crippen LogP contribution in [0.5, 0.6) is 0 Å². The number of benzene rings is 3. The molecule has 10 heteroatoms. The molecule has 3 aromatic rings. The van der Waals surface area contributed by atoms with Gasteiger partial charge in [0.05, 0.1) is 5.69 Å². The number of carbonyl (C=O) groups excluding carboxylic acids is 2. The van der Waals surface area contributed by atoms with Crippen LogP contribution in [0.3, 0.4) is 0 Å². The van der Waals surface area contributed by atoms with Crippen LogP contribution < -0.4 is 9.62 Å². The molecule has 0 aromatic heterocycles. The molecule has 2 amide bonds. The minimum atomic E-state index is -4.27. The molecule has 220 valence electrons. The standard InChI is InChI=1S/C31H39FN4O4S/c1-23(2)20-33-31(38)29(19-25-13-7-6-8-14-25)35(21-26-15-11-12-24(3)18-26)30(37)22-36(41(39,40)34(4)5)28-17-10-9-16-27(28)32/h6-18,23,29H,19-22H2,1-5H3,(H,33,38)/t29-/m1/s1. The molecular weight excluding hydrogens is 543 g/mol. The lowest BCUT2D eigenvalue weighted by Crippen LogP contribution is -2.54. The van der Waals surface area contributed by atoms with E-state index in [1.54, 1.807) is 0 Å². The van der Waals surface area contributed by atoms with E-state index in [9.17, 15) is 22.4 Å². The van der Waals surface area contributed by atoms with Crippen molar-refractivity contribution in [1.29, 1.82) is 0 Å². The van der Waals surface area contributed by atoms with Gasteiger partial charge in [-0.2, -0.15) is 12.7 Å². The molecule has 0 radical (unpaired) electrons. The zero-order valence-electron chi connectivity index (χ0n) is 24.2. The van der Waals surface area contributed by atoms with Crippen molar-refractivity contribution in [2.24, 2.45) is 5.92 Å². The highest BCUT2D eigenvalue weighted by molar-refractivity contribution is 7.90. The van der Waals surface area contributed by atoms with Crippen molar-refractivity contribution in [2.75, 3.05) is 31.5 Å². The molecule has 0 saturated heterocycles. The Morgan fingerprint density at radius 1 is 0.902 bits per heavy atom. The normalized spacial score (nSPS) is 12.3. The number of halogens is 1. The summed E-state index contributed by atoms with van der Waals surface area (Å²) < 4.78 is 43.3. The Morgan fingerprint density at radius 3 is 2.15 bits per heavy atom. The minimum absolute atomic E-state index is 0.0558. The van der Waals surface area contributed by atoms with Crippen LogP contribution in [0.1, 0.15) is 30.5 Å². The quantitative estimate of drug-likeness (QED) is 0.328. The molecule has 3 aromatic carbocycles. The number of amides is 2. The van der Waals surface area contributed by atoms with Gasteiger partial charge in [0.25, 0.3) is 0 Å². The number of hydrogen-bond donors (Lipinski definition) is 1. The number of nitrogens with zero attached hydrogens (tertiary/aromatic N) is 3. The molecule has 0 bridgehead atoms.